The highest BCUT2D eigenvalue weighted by atomic mass is 35.5. The molecule has 1 atom stereocenters. The minimum atomic E-state index is 0.0538. The predicted octanol–water partition coefficient (Wildman–Crippen LogP) is 3.25. The van der Waals surface area contributed by atoms with Crippen LogP contribution in [0.1, 0.15) is 18.7 Å². The zero-order chi connectivity index (χ0) is 13.8. The molecule has 0 aliphatic heterocycles. The minimum absolute atomic E-state index is 0.0538. The second kappa shape index (κ2) is 5.84. The number of hydrogen-bond donors (Lipinski definition) is 2. The van der Waals surface area contributed by atoms with Crippen LogP contribution in [0.2, 0.25) is 5.02 Å². The van der Waals surface area contributed by atoms with Gasteiger partial charge in [0.05, 0.1) is 36.7 Å². The SMILES string of the molecule is COc1cc(Cl)c(NC(C)c2ccn[nH]2)cc1OC. The van der Waals surface area contributed by atoms with E-state index in [1.807, 2.05) is 19.1 Å². The largest absolute Gasteiger partial charge is 0.493 e. The normalized spacial score (nSPS) is 12.0. The summed E-state index contributed by atoms with van der Waals surface area (Å²) < 4.78 is 10.5. The quantitative estimate of drug-likeness (QED) is 0.883. The van der Waals surface area contributed by atoms with Crippen molar-refractivity contribution in [2.45, 2.75) is 13.0 Å². The lowest BCUT2D eigenvalue weighted by Gasteiger charge is -2.17. The maximum absolute atomic E-state index is 6.22. The lowest BCUT2D eigenvalue weighted by Crippen LogP contribution is -2.08. The Morgan fingerprint density at radius 1 is 1.26 bits per heavy atom. The Morgan fingerprint density at radius 2 is 1.95 bits per heavy atom. The molecular formula is C13H16ClN3O2. The number of rotatable bonds is 5. The Morgan fingerprint density at radius 3 is 2.53 bits per heavy atom. The summed E-state index contributed by atoms with van der Waals surface area (Å²) in [5.41, 5.74) is 1.76. The van der Waals surface area contributed by atoms with Gasteiger partial charge in [0.15, 0.2) is 11.5 Å². The monoisotopic (exact) mass is 281 g/mol. The van der Waals surface area contributed by atoms with E-state index < -0.39 is 0 Å². The first-order valence-electron chi connectivity index (χ1n) is 5.83. The van der Waals surface area contributed by atoms with Gasteiger partial charge in [-0.25, -0.2) is 0 Å². The molecule has 1 aromatic carbocycles. The fourth-order valence-corrected chi connectivity index (χ4v) is 1.99. The van der Waals surface area contributed by atoms with E-state index in [-0.39, 0.29) is 6.04 Å². The zero-order valence-electron chi connectivity index (χ0n) is 11.0. The molecule has 0 spiro atoms. The Bertz CT molecular complexity index is 543. The van der Waals surface area contributed by atoms with Crippen LogP contribution in [0.5, 0.6) is 11.5 Å². The Hall–Kier alpha value is -1.88. The maximum Gasteiger partial charge on any atom is 0.162 e. The standard InChI is InChI=1S/C13H16ClN3O2/c1-8(10-4-5-15-17-10)16-11-7-13(19-3)12(18-2)6-9(11)14/h4-8,16H,1-3H3,(H,15,17). The van der Waals surface area contributed by atoms with Crippen molar-refractivity contribution < 1.29 is 9.47 Å². The van der Waals surface area contributed by atoms with Gasteiger partial charge in [0.25, 0.3) is 0 Å². The third-order valence-electron chi connectivity index (χ3n) is 2.83. The van der Waals surface area contributed by atoms with Crippen LogP contribution in [-0.4, -0.2) is 24.4 Å². The van der Waals surface area contributed by atoms with Crippen molar-refractivity contribution in [1.29, 1.82) is 0 Å². The third kappa shape index (κ3) is 2.93. The number of ether oxygens (including phenoxy) is 2. The number of aromatic amines is 1. The number of aromatic nitrogens is 2. The second-order valence-corrected chi connectivity index (χ2v) is 4.47. The van der Waals surface area contributed by atoms with E-state index in [0.29, 0.717) is 16.5 Å². The first-order valence-corrected chi connectivity index (χ1v) is 6.20. The van der Waals surface area contributed by atoms with Gasteiger partial charge < -0.3 is 14.8 Å². The molecule has 2 rings (SSSR count). The number of methoxy groups -OCH3 is 2. The average molecular weight is 282 g/mol. The van der Waals surface area contributed by atoms with Gasteiger partial charge >= 0.3 is 0 Å². The van der Waals surface area contributed by atoms with Crippen LogP contribution < -0.4 is 14.8 Å². The molecule has 0 saturated heterocycles. The number of hydrogen-bond acceptors (Lipinski definition) is 4. The summed E-state index contributed by atoms with van der Waals surface area (Å²) in [6, 6.07) is 5.50. The number of nitrogens with one attached hydrogen (secondary N) is 2. The molecule has 2 N–H and O–H groups in total. The molecule has 1 unspecified atom stereocenters. The number of benzene rings is 1. The minimum Gasteiger partial charge on any atom is -0.493 e. The van der Waals surface area contributed by atoms with Crippen LogP contribution >= 0.6 is 11.6 Å². The van der Waals surface area contributed by atoms with Crippen LogP contribution in [0.3, 0.4) is 0 Å². The van der Waals surface area contributed by atoms with Gasteiger partial charge in [-0.05, 0) is 13.0 Å². The highest BCUT2D eigenvalue weighted by Crippen LogP contribution is 2.37. The molecular weight excluding hydrogens is 266 g/mol. The van der Waals surface area contributed by atoms with E-state index in [1.165, 1.54) is 0 Å². The van der Waals surface area contributed by atoms with Crippen LogP contribution in [0.4, 0.5) is 5.69 Å². The molecule has 1 heterocycles. The molecule has 0 aliphatic rings. The van der Waals surface area contributed by atoms with Crippen LogP contribution in [0.25, 0.3) is 0 Å². The van der Waals surface area contributed by atoms with E-state index in [2.05, 4.69) is 15.5 Å². The van der Waals surface area contributed by atoms with Gasteiger partial charge in [-0.3, -0.25) is 5.10 Å². The van der Waals surface area contributed by atoms with Gasteiger partial charge in [0.1, 0.15) is 0 Å². The summed E-state index contributed by atoms with van der Waals surface area (Å²) in [7, 11) is 3.17. The van der Waals surface area contributed by atoms with Crippen molar-refractivity contribution in [3.63, 3.8) is 0 Å². The van der Waals surface area contributed by atoms with E-state index in [4.69, 9.17) is 21.1 Å². The predicted molar refractivity (Wildman–Crippen MR) is 75.2 cm³/mol. The molecule has 0 aliphatic carbocycles. The number of halogens is 1. The molecule has 0 saturated carbocycles. The molecule has 0 amide bonds. The van der Waals surface area contributed by atoms with Crippen molar-refractivity contribution in [3.05, 3.63) is 35.1 Å². The topological polar surface area (TPSA) is 59.2 Å². The van der Waals surface area contributed by atoms with Gasteiger partial charge in [0.2, 0.25) is 0 Å². The number of H-pyrrole nitrogens is 1. The Labute approximate surface area is 116 Å². The second-order valence-electron chi connectivity index (χ2n) is 4.07. The Kier molecular flexibility index (Phi) is 4.16. The van der Waals surface area contributed by atoms with Gasteiger partial charge in [0, 0.05) is 18.3 Å². The summed E-state index contributed by atoms with van der Waals surface area (Å²) in [6.07, 6.45) is 1.71. The highest BCUT2D eigenvalue weighted by Gasteiger charge is 2.13. The summed E-state index contributed by atoms with van der Waals surface area (Å²) >= 11 is 6.22. The van der Waals surface area contributed by atoms with Crippen molar-refractivity contribution in [3.8, 4) is 11.5 Å². The lowest BCUT2D eigenvalue weighted by molar-refractivity contribution is 0.355. The van der Waals surface area contributed by atoms with Crippen molar-refractivity contribution in [2.75, 3.05) is 19.5 Å². The third-order valence-corrected chi connectivity index (χ3v) is 3.15. The summed E-state index contributed by atoms with van der Waals surface area (Å²) in [5, 5.41) is 10.7. The zero-order valence-corrected chi connectivity index (χ0v) is 11.8. The van der Waals surface area contributed by atoms with Crippen molar-refractivity contribution in [2.24, 2.45) is 0 Å². The van der Waals surface area contributed by atoms with Crippen molar-refractivity contribution in [1.82, 2.24) is 10.2 Å². The molecule has 6 heteroatoms. The molecule has 0 fully saturated rings. The van der Waals surface area contributed by atoms with Crippen molar-refractivity contribution >= 4 is 17.3 Å². The van der Waals surface area contributed by atoms with Crippen LogP contribution in [-0.2, 0) is 0 Å². The Balaban J connectivity index is 2.25. The fourth-order valence-electron chi connectivity index (χ4n) is 1.78. The van der Waals surface area contributed by atoms with Gasteiger partial charge in [-0.1, -0.05) is 11.6 Å². The van der Waals surface area contributed by atoms with Gasteiger partial charge in [-0.15, -0.1) is 0 Å². The molecule has 0 bridgehead atoms. The summed E-state index contributed by atoms with van der Waals surface area (Å²) in [5.74, 6) is 1.23. The number of nitrogens with zero attached hydrogens (tertiary/aromatic N) is 1. The maximum atomic E-state index is 6.22. The molecule has 102 valence electrons. The fraction of sp³-hybridized carbons (Fsp3) is 0.308. The lowest BCUT2D eigenvalue weighted by atomic mass is 10.2. The van der Waals surface area contributed by atoms with Gasteiger partial charge in [-0.2, -0.15) is 5.10 Å². The highest BCUT2D eigenvalue weighted by molar-refractivity contribution is 6.33. The van der Waals surface area contributed by atoms with Crippen LogP contribution in [0, 0.1) is 0 Å². The summed E-state index contributed by atoms with van der Waals surface area (Å²) in [4.78, 5) is 0. The molecule has 19 heavy (non-hydrogen) atoms. The van der Waals surface area contributed by atoms with E-state index in [9.17, 15) is 0 Å². The van der Waals surface area contributed by atoms with E-state index in [0.717, 1.165) is 11.4 Å². The molecule has 5 nitrogen and oxygen atoms in total. The molecule has 0 radical (unpaired) electrons. The smallest absolute Gasteiger partial charge is 0.162 e. The molecule has 1 aromatic heterocycles. The van der Waals surface area contributed by atoms with E-state index in [1.54, 1.807) is 26.5 Å². The van der Waals surface area contributed by atoms with E-state index >= 15 is 0 Å². The molecule has 2 aromatic rings. The van der Waals surface area contributed by atoms with Crippen LogP contribution in [0.15, 0.2) is 24.4 Å². The number of anilines is 1. The average Bonchev–Trinajstić information content (AvgIpc) is 2.94. The first-order chi connectivity index (χ1) is 9.15. The summed E-state index contributed by atoms with van der Waals surface area (Å²) in [6.45, 7) is 2.01. The first kappa shape index (κ1) is 13.5.